The number of benzene rings is 11. The van der Waals surface area contributed by atoms with Crippen LogP contribution in [0.15, 0.2) is 255 Å². The fourth-order valence-corrected chi connectivity index (χ4v) is 11.7. The lowest BCUT2D eigenvalue weighted by Gasteiger charge is -2.33. The Morgan fingerprint density at radius 2 is 0.806 bits per heavy atom. The van der Waals surface area contributed by atoms with Gasteiger partial charge in [-0.25, -0.2) is 0 Å². The Morgan fingerprint density at radius 3 is 1.55 bits per heavy atom. The van der Waals surface area contributed by atoms with E-state index in [1.807, 2.05) is 0 Å². The van der Waals surface area contributed by atoms with Crippen molar-refractivity contribution in [3.63, 3.8) is 0 Å². The molecule has 0 unspecified atom stereocenters. The maximum Gasteiger partial charge on any atom is 0.0713 e. The van der Waals surface area contributed by atoms with Crippen molar-refractivity contribution >= 4 is 54.4 Å². The molecule has 0 aliphatic heterocycles. The fraction of sp³-hybridized carbons (Fsp3) is 0.0154. The Balaban J connectivity index is 1.02. The highest BCUT2D eigenvalue weighted by molar-refractivity contribution is 6.19. The normalized spacial score (nSPS) is 12.9. The highest BCUT2D eigenvalue weighted by Crippen LogP contribution is 2.59. The molecule has 0 saturated carbocycles. The summed E-state index contributed by atoms with van der Waals surface area (Å²) in [5.41, 5.74) is 19.2. The minimum Gasteiger partial charge on any atom is -0.309 e. The third-order valence-corrected chi connectivity index (χ3v) is 14.6. The van der Waals surface area contributed by atoms with Gasteiger partial charge in [0.25, 0.3) is 0 Å². The second kappa shape index (κ2) is 14.7. The van der Waals surface area contributed by atoms with E-state index in [9.17, 15) is 0 Å². The predicted octanol–water partition coefficient (Wildman–Crippen LogP) is 16.7. The molecule has 0 atom stereocenters. The molecule has 13 aromatic rings. The van der Waals surface area contributed by atoms with Crippen molar-refractivity contribution < 1.29 is 0 Å². The van der Waals surface area contributed by atoms with E-state index in [1.165, 1.54) is 110 Å². The molecule has 2 heteroatoms. The lowest BCUT2D eigenvalue weighted by atomic mass is 9.67. The van der Waals surface area contributed by atoms with Gasteiger partial charge in [-0.1, -0.05) is 194 Å². The molecule has 2 nitrogen and oxygen atoms in total. The highest BCUT2D eigenvalue weighted by Gasteiger charge is 2.47. The van der Waals surface area contributed by atoms with Gasteiger partial charge in [0.15, 0.2) is 0 Å². The monoisotopic (exact) mass is 850 g/mol. The molecular weight excluding hydrogens is 809 g/mol. The van der Waals surface area contributed by atoms with Crippen LogP contribution in [0.2, 0.25) is 0 Å². The fourth-order valence-electron chi connectivity index (χ4n) is 11.7. The van der Waals surface area contributed by atoms with Crippen LogP contribution in [-0.2, 0) is 5.41 Å². The molecule has 0 fully saturated rings. The van der Waals surface area contributed by atoms with Crippen molar-refractivity contribution in [1.29, 1.82) is 0 Å². The van der Waals surface area contributed by atoms with Crippen molar-refractivity contribution in [2.45, 2.75) is 5.41 Å². The molecule has 0 spiro atoms. The van der Waals surface area contributed by atoms with Crippen LogP contribution in [-0.4, -0.2) is 9.13 Å². The van der Waals surface area contributed by atoms with Gasteiger partial charge < -0.3 is 9.13 Å². The van der Waals surface area contributed by atoms with Gasteiger partial charge in [-0.15, -0.1) is 0 Å². The lowest BCUT2D eigenvalue weighted by molar-refractivity contribution is 0.769. The number of rotatable bonds is 6. The standard InChI is InChI=1S/C65H42N2/c1-4-16-43(17-5-1)45-28-33-51(34-29-45)66-59-27-15-13-24-53(59)55-41-47(31-37-60(55)66)48-32-38-61-56(42-48)64-62(67(61)52-35-30-44-18-10-11-19-46(44)40-52)39-36-58-63(64)54-25-12-14-26-57(54)65(58,49-20-6-2-7-21-49)50-22-8-3-9-23-50/h1-42H. The summed E-state index contributed by atoms with van der Waals surface area (Å²) < 4.78 is 4.91. The molecule has 67 heavy (non-hydrogen) atoms. The van der Waals surface area contributed by atoms with Gasteiger partial charge in [-0.05, 0) is 127 Å². The van der Waals surface area contributed by atoms with E-state index >= 15 is 0 Å². The largest absolute Gasteiger partial charge is 0.309 e. The first-order valence-electron chi connectivity index (χ1n) is 23.3. The summed E-state index contributed by atoms with van der Waals surface area (Å²) in [6.07, 6.45) is 0. The molecule has 0 radical (unpaired) electrons. The van der Waals surface area contributed by atoms with Gasteiger partial charge in [0.05, 0.1) is 27.5 Å². The van der Waals surface area contributed by atoms with Crippen LogP contribution in [0, 0.1) is 0 Å². The van der Waals surface area contributed by atoms with E-state index in [2.05, 4.69) is 264 Å². The Hall–Kier alpha value is -8.72. The molecule has 1 aliphatic carbocycles. The third kappa shape index (κ3) is 5.51. The predicted molar refractivity (Wildman–Crippen MR) is 281 cm³/mol. The lowest BCUT2D eigenvalue weighted by Crippen LogP contribution is -2.28. The van der Waals surface area contributed by atoms with Crippen LogP contribution >= 0.6 is 0 Å². The maximum absolute atomic E-state index is 2.49. The zero-order chi connectivity index (χ0) is 44.1. The minimum atomic E-state index is -0.501. The van der Waals surface area contributed by atoms with Crippen molar-refractivity contribution in [2.24, 2.45) is 0 Å². The summed E-state index contributed by atoms with van der Waals surface area (Å²) in [5.74, 6) is 0. The molecule has 0 amide bonds. The zero-order valence-electron chi connectivity index (χ0n) is 36.6. The van der Waals surface area contributed by atoms with Crippen LogP contribution in [0.3, 0.4) is 0 Å². The van der Waals surface area contributed by atoms with E-state index in [1.54, 1.807) is 0 Å². The molecular formula is C65H42N2. The van der Waals surface area contributed by atoms with Gasteiger partial charge in [-0.3, -0.25) is 0 Å². The average molecular weight is 851 g/mol. The summed E-state index contributed by atoms with van der Waals surface area (Å²) in [6, 6.07) is 94.4. The second-order valence-electron chi connectivity index (χ2n) is 18.0. The summed E-state index contributed by atoms with van der Waals surface area (Å²) in [4.78, 5) is 0. The highest BCUT2D eigenvalue weighted by atomic mass is 15.0. The van der Waals surface area contributed by atoms with E-state index in [0.29, 0.717) is 0 Å². The summed E-state index contributed by atoms with van der Waals surface area (Å²) >= 11 is 0. The van der Waals surface area contributed by atoms with Crippen LogP contribution in [0.25, 0.3) is 99.1 Å². The van der Waals surface area contributed by atoms with E-state index < -0.39 is 5.41 Å². The van der Waals surface area contributed by atoms with E-state index in [4.69, 9.17) is 0 Å². The zero-order valence-corrected chi connectivity index (χ0v) is 36.6. The quantitative estimate of drug-likeness (QED) is 0.158. The van der Waals surface area contributed by atoms with Crippen LogP contribution in [0.4, 0.5) is 0 Å². The van der Waals surface area contributed by atoms with Gasteiger partial charge in [0, 0.05) is 32.9 Å². The van der Waals surface area contributed by atoms with Gasteiger partial charge in [0.1, 0.15) is 0 Å². The summed E-state index contributed by atoms with van der Waals surface area (Å²) in [7, 11) is 0. The molecule has 0 saturated heterocycles. The van der Waals surface area contributed by atoms with Crippen molar-refractivity contribution in [3.05, 3.63) is 277 Å². The smallest absolute Gasteiger partial charge is 0.0713 e. The molecule has 2 aromatic heterocycles. The molecule has 312 valence electrons. The Kier molecular flexibility index (Phi) is 8.23. The molecule has 14 rings (SSSR count). The Labute approximate surface area is 388 Å². The maximum atomic E-state index is 2.49. The number of fused-ring (bicyclic) bond motifs is 11. The topological polar surface area (TPSA) is 9.86 Å². The van der Waals surface area contributed by atoms with Gasteiger partial charge in [-0.2, -0.15) is 0 Å². The summed E-state index contributed by atoms with van der Waals surface area (Å²) in [5, 5.41) is 7.47. The number of para-hydroxylation sites is 1. The minimum absolute atomic E-state index is 0.501. The van der Waals surface area contributed by atoms with Crippen LogP contribution < -0.4 is 0 Å². The number of nitrogens with zero attached hydrogens (tertiary/aromatic N) is 2. The molecule has 0 N–H and O–H groups in total. The number of aromatic nitrogens is 2. The van der Waals surface area contributed by atoms with Gasteiger partial charge >= 0.3 is 0 Å². The SMILES string of the molecule is c1ccc(-c2ccc(-n3c4ccccc4c4cc(-c5ccc6c(c5)c5c7c(ccc5n6-c5ccc6ccccc6c5)C(c5ccccc5)(c5ccccc5)c5ccccc5-7)ccc43)cc2)cc1. The molecule has 1 aliphatic rings. The third-order valence-electron chi connectivity index (χ3n) is 14.6. The van der Waals surface area contributed by atoms with Gasteiger partial charge in [0.2, 0.25) is 0 Å². The number of hydrogen-bond donors (Lipinski definition) is 0. The Morgan fingerprint density at radius 1 is 0.284 bits per heavy atom. The van der Waals surface area contributed by atoms with Crippen LogP contribution in [0.5, 0.6) is 0 Å². The first-order chi connectivity index (χ1) is 33.2. The average Bonchev–Trinajstić information content (AvgIpc) is 4.03. The van der Waals surface area contributed by atoms with E-state index in [-0.39, 0.29) is 0 Å². The Bertz CT molecular complexity index is 4020. The van der Waals surface area contributed by atoms with Crippen molar-refractivity contribution in [1.82, 2.24) is 9.13 Å². The van der Waals surface area contributed by atoms with E-state index in [0.717, 1.165) is 11.4 Å². The first kappa shape index (κ1) is 37.6. The van der Waals surface area contributed by atoms with Crippen molar-refractivity contribution in [3.8, 4) is 44.8 Å². The molecule has 2 heterocycles. The number of hydrogen-bond acceptors (Lipinski definition) is 0. The van der Waals surface area contributed by atoms with Crippen molar-refractivity contribution in [2.75, 3.05) is 0 Å². The molecule has 11 aromatic carbocycles. The first-order valence-corrected chi connectivity index (χ1v) is 23.3. The summed E-state index contributed by atoms with van der Waals surface area (Å²) in [6.45, 7) is 0. The molecule has 0 bridgehead atoms. The van der Waals surface area contributed by atoms with Crippen LogP contribution in [0.1, 0.15) is 22.3 Å². The second-order valence-corrected chi connectivity index (χ2v) is 18.0.